The summed E-state index contributed by atoms with van der Waals surface area (Å²) in [6, 6.07) is 3.85. The highest BCUT2D eigenvalue weighted by atomic mass is 32.1. The Morgan fingerprint density at radius 2 is 1.60 bits per heavy atom. The van der Waals surface area contributed by atoms with Crippen LogP contribution < -0.4 is 10.6 Å². The van der Waals surface area contributed by atoms with Crippen molar-refractivity contribution in [1.82, 2.24) is 9.88 Å². The van der Waals surface area contributed by atoms with E-state index >= 15 is 0 Å². The Labute approximate surface area is 184 Å². The van der Waals surface area contributed by atoms with Gasteiger partial charge in [-0.1, -0.05) is 42.9 Å². The molecule has 1 aromatic heterocycles. The molecule has 1 heterocycles. The molecule has 30 heavy (non-hydrogen) atoms. The van der Waals surface area contributed by atoms with Crippen molar-refractivity contribution in [3.63, 3.8) is 0 Å². The van der Waals surface area contributed by atoms with Gasteiger partial charge in [-0.2, -0.15) is 0 Å². The van der Waals surface area contributed by atoms with Gasteiger partial charge in [0.1, 0.15) is 4.88 Å². The van der Waals surface area contributed by atoms with Crippen LogP contribution in [-0.4, -0.2) is 40.8 Å². The van der Waals surface area contributed by atoms with Crippen LogP contribution in [0.3, 0.4) is 0 Å². The van der Waals surface area contributed by atoms with Gasteiger partial charge in [0.05, 0.1) is 11.7 Å². The van der Waals surface area contributed by atoms with Gasteiger partial charge in [-0.15, -0.1) is 0 Å². The lowest BCUT2D eigenvalue weighted by molar-refractivity contribution is -0.120. The van der Waals surface area contributed by atoms with E-state index in [0.29, 0.717) is 15.7 Å². The standard InChI is InChI=1S/C23H34N4O2S/c1-8-10-27(11-9-2)18(7)21(28)26-23-24-17(6)20(30-23)22(29)25-19-15(4)12-14(3)13-16(19)5/h12-13,18H,8-11H2,1-7H3,(H,25,29)(H,24,26,28)/t18-/m1/s1. The van der Waals surface area contributed by atoms with E-state index < -0.39 is 0 Å². The number of nitrogens with one attached hydrogen (secondary N) is 2. The van der Waals surface area contributed by atoms with Crippen molar-refractivity contribution in [2.75, 3.05) is 23.7 Å². The van der Waals surface area contributed by atoms with Crippen LogP contribution in [0, 0.1) is 27.7 Å². The van der Waals surface area contributed by atoms with E-state index in [9.17, 15) is 9.59 Å². The molecule has 0 spiro atoms. The Morgan fingerprint density at radius 3 is 2.13 bits per heavy atom. The van der Waals surface area contributed by atoms with Crippen LogP contribution in [0.15, 0.2) is 12.1 Å². The SMILES string of the molecule is CCCN(CCC)[C@H](C)C(=O)Nc1nc(C)c(C(=O)Nc2c(C)cc(C)cc2C)s1. The number of hydrogen-bond acceptors (Lipinski definition) is 5. The Kier molecular flexibility index (Phi) is 8.55. The van der Waals surface area contributed by atoms with Crippen LogP contribution in [0.2, 0.25) is 0 Å². The molecule has 6 nitrogen and oxygen atoms in total. The molecule has 0 aliphatic heterocycles. The molecule has 2 aromatic rings. The number of carbonyl (C=O) groups is 2. The number of thiazole rings is 1. The largest absolute Gasteiger partial charge is 0.321 e. The molecule has 1 aromatic carbocycles. The van der Waals surface area contributed by atoms with Gasteiger partial charge in [-0.3, -0.25) is 14.5 Å². The van der Waals surface area contributed by atoms with Crippen LogP contribution >= 0.6 is 11.3 Å². The van der Waals surface area contributed by atoms with Crippen LogP contribution in [0.4, 0.5) is 10.8 Å². The molecular formula is C23H34N4O2S. The van der Waals surface area contributed by atoms with Crippen LogP contribution in [-0.2, 0) is 4.79 Å². The molecule has 2 amide bonds. The lowest BCUT2D eigenvalue weighted by Gasteiger charge is -2.27. The minimum Gasteiger partial charge on any atom is -0.321 e. The number of aryl methyl sites for hydroxylation is 4. The molecule has 0 saturated carbocycles. The van der Waals surface area contributed by atoms with Gasteiger partial charge in [0.25, 0.3) is 5.91 Å². The molecule has 0 radical (unpaired) electrons. The molecule has 0 unspecified atom stereocenters. The number of hydrogen-bond donors (Lipinski definition) is 2. The van der Waals surface area contributed by atoms with Crippen molar-refractivity contribution in [2.24, 2.45) is 0 Å². The minimum absolute atomic E-state index is 0.0946. The minimum atomic E-state index is -0.246. The predicted molar refractivity (Wildman–Crippen MR) is 126 cm³/mol. The predicted octanol–water partition coefficient (Wildman–Crippen LogP) is 5.08. The van der Waals surface area contributed by atoms with E-state index in [0.717, 1.165) is 48.3 Å². The molecule has 2 N–H and O–H groups in total. The summed E-state index contributed by atoms with van der Waals surface area (Å²) in [5, 5.41) is 6.37. The second-order valence-corrected chi connectivity index (χ2v) is 8.86. The molecule has 164 valence electrons. The van der Waals surface area contributed by atoms with Crippen molar-refractivity contribution >= 4 is 34.0 Å². The fourth-order valence-electron chi connectivity index (χ4n) is 3.66. The molecule has 0 aliphatic rings. The van der Waals surface area contributed by atoms with Crippen molar-refractivity contribution in [2.45, 2.75) is 67.3 Å². The fourth-order valence-corrected chi connectivity index (χ4v) is 4.52. The smallest absolute Gasteiger partial charge is 0.267 e. The number of rotatable bonds is 9. The fraction of sp³-hybridized carbons (Fsp3) is 0.522. The van der Waals surface area contributed by atoms with Crippen molar-refractivity contribution < 1.29 is 9.59 Å². The Hall–Kier alpha value is -2.25. The van der Waals surface area contributed by atoms with E-state index in [-0.39, 0.29) is 17.9 Å². The molecule has 2 rings (SSSR count). The highest BCUT2D eigenvalue weighted by Gasteiger charge is 2.23. The van der Waals surface area contributed by atoms with Crippen LogP contribution in [0.25, 0.3) is 0 Å². The number of carbonyl (C=O) groups excluding carboxylic acids is 2. The van der Waals surface area contributed by atoms with E-state index in [4.69, 9.17) is 0 Å². The van der Waals surface area contributed by atoms with E-state index in [2.05, 4.69) is 34.4 Å². The van der Waals surface area contributed by atoms with Gasteiger partial charge in [0, 0.05) is 5.69 Å². The van der Waals surface area contributed by atoms with E-state index in [1.54, 1.807) is 6.92 Å². The highest BCUT2D eigenvalue weighted by Crippen LogP contribution is 2.27. The zero-order chi connectivity index (χ0) is 22.4. The molecular weight excluding hydrogens is 396 g/mol. The summed E-state index contributed by atoms with van der Waals surface area (Å²) in [5.74, 6) is -0.296. The number of aromatic nitrogens is 1. The third-order valence-corrected chi connectivity index (χ3v) is 6.17. The Balaban J connectivity index is 2.13. The van der Waals surface area contributed by atoms with Crippen LogP contribution in [0.1, 0.15) is 65.7 Å². The van der Waals surface area contributed by atoms with Crippen LogP contribution in [0.5, 0.6) is 0 Å². The zero-order valence-electron chi connectivity index (χ0n) is 19.2. The summed E-state index contributed by atoms with van der Waals surface area (Å²) in [5.41, 5.74) is 4.65. The Morgan fingerprint density at radius 1 is 1.03 bits per heavy atom. The normalized spacial score (nSPS) is 12.1. The maximum Gasteiger partial charge on any atom is 0.267 e. The first-order valence-electron chi connectivity index (χ1n) is 10.6. The number of amides is 2. The third-order valence-electron chi connectivity index (χ3n) is 5.10. The second-order valence-electron chi connectivity index (χ2n) is 7.86. The van der Waals surface area contributed by atoms with Gasteiger partial charge in [-0.05, 0) is 71.7 Å². The highest BCUT2D eigenvalue weighted by molar-refractivity contribution is 7.17. The summed E-state index contributed by atoms with van der Waals surface area (Å²) in [6.45, 7) is 15.7. The molecule has 7 heteroatoms. The average Bonchev–Trinajstić information content (AvgIpc) is 3.03. The van der Waals surface area contributed by atoms with E-state index in [1.165, 1.54) is 11.3 Å². The molecule has 0 aliphatic carbocycles. The first kappa shape index (κ1) is 24.0. The lowest BCUT2D eigenvalue weighted by atomic mass is 10.1. The topological polar surface area (TPSA) is 74.3 Å². The van der Waals surface area contributed by atoms with Crippen molar-refractivity contribution in [3.8, 4) is 0 Å². The molecule has 1 atom stereocenters. The number of anilines is 2. The summed E-state index contributed by atoms with van der Waals surface area (Å²) in [4.78, 5) is 32.7. The molecule has 0 bridgehead atoms. The maximum atomic E-state index is 12.9. The van der Waals surface area contributed by atoms with E-state index in [1.807, 2.05) is 39.8 Å². The Bertz CT molecular complexity index is 878. The maximum absolute atomic E-state index is 12.9. The summed E-state index contributed by atoms with van der Waals surface area (Å²) < 4.78 is 0. The second kappa shape index (κ2) is 10.7. The summed E-state index contributed by atoms with van der Waals surface area (Å²) in [6.07, 6.45) is 1.99. The number of benzene rings is 1. The van der Waals surface area contributed by atoms with Crippen molar-refractivity contribution in [1.29, 1.82) is 0 Å². The van der Waals surface area contributed by atoms with Gasteiger partial charge in [0.15, 0.2) is 5.13 Å². The van der Waals surface area contributed by atoms with Crippen molar-refractivity contribution in [3.05, 3.63) is 39.4 Å². The van der Waals surface area contributed by atoms with Gasteiger partial charge in [-0.25, -0.2) is 4.98 Å². The lowest BCUT2D eigenvalue weighted by Crippen LogP contribution is -2.42. The average molecular weight is 431 g/mol. The van der Waals surface area contributed by atoms with Gasteiger partial charge >= 0.3 is 0 Å². The molecule has 0 fully saturated rings. The van der Waals surface area contributed by atoms with Gasteiger partial charge in [0.2, 0.25) is 5.91 Å². The summed E-state index contributed by atoms with van der Waals surface area (Å²) in [7, 11) is 0. The summed E-state index contributed by atoms with van der Waals surface area (Å²) >= 11 is 1.21. The number of nitrogens with zero attached hydrogens (tertiary/aromatic N) is 2. The third kappa shape index (κ3) is 5.89. The monoisotopic (exact) mass is 430 g/mol. The zero-order valence-corrected chi connectivity index (χ0v) is 20.0. The first-order chi connectivity index (χ1) is 14.2. The molecule has 0 saturated heterocycles. The quantitative estimate of drug-likeness (QED) is 0.582. The van der Waals surface area contributed by atoms with Gasteiger partial charge < -0.3 is 10.6 Å². The first-order valence-corrected chi connectivity index (χ1v) is 11.4.